The number of nitrogens with zero attached hydrogens (tertiary/aromatic N) is 4. The molecule has 0 radical (unpaired) electrons. The summed E-state index contributed by atoms with van der Waals surface area (Å²) in [5.41, 5.74) is 0.317. The molecule has 1 aromatic heterocycles. The van der Waals surface area contributed by atoms with Crippen molar-refractivity contribution in [3.8, 4) is 0 Å². The molecule has 130 valence electrons. The number of amides is 2. The van der Waals surface area contributed by atoms with Gasteiger partial charge < -0.3 is 20.0 Å². The molecule has 24 heavy (non-hydrogen) atoms. The van der Waals surface area contributed by atoms with Crippen molar-refractivity contribution in [3.63, 3.8) is 0 Å². The van der Waals surface area contributed by atoms with Gasteiger partial charge in [-0.3, -0.25) is 9.59 Å². The molecule has 2 amide bonds. The summed E-state index contributed by atoms with van der Waals surface area (Å²) >= 11 is 5.83. The molecule has 0 aliphatic carbocycles. The van der Waals surface area contributed by atoms with E-state index >= 15 is 0 Å². The number of aromatic nitrogens is 1. The summed E-state index contributed by atoms with van der Waals surface area (Å²) in [6, 6.07) is 2.76. The highest BCUT2D eigenvalue weighted by Crippen LogP contribution is 2.14. The first-order valence-corrected chi connectivity index (χ1v) is 8.54. The van der Waals surface area contributed by atoms with Crippen molar-refractivity contribution < 1.29 is 9.59 Å². The van der Waals surface area contributed by atoms with Crippen LogP contribution in [0.1, 0.15) is 10.5 Å². The molecule has 2 aliphatic rings. The van der Waals surface area contributed by atoms with Crippen LogP contribution in [0, 0.1) is 0 Å². The van der Waals surface area contributed by atoms with Gasteiger partial charge in [0, 0.05) is 52.0 Å². The number of hydrogen-bond acceptors (Lipinski definition) is 5. The van der Waals surface area contributed by atoms with Crippen LogP contribution in [0.4, 0.5) is 0 Å². The summed E-state index contributed by atoms with van der Waals surface area (Å²) in [5.74, 6) is -0.210. The summed E-state index contributed by atoms with van der Waals surface area (Å²) < 4.78 is 0. The van der Waals surface area contributed by atoms with E-state index in [1.54, 1.807) is 17.0 Å². The summed E-state index contributed by atoms with van der Waals surface area (Å²) in [7, 11) is 2.05. The Kier molecular flexibility index (Phi) is 5.33. The van der Waals surface area contributed by atoms with Crippen LogP contribution in [0.15, 0.2) is 18.3 Å². The van der Waals surface area contributed by atoms with Crippen LogP contribution in [0.5, 0.6) is 0 Å². The molecule has 0 saturated carbocycles. The van der Waals surface area contributed by atoms with Crippen molar-refractivity contribution in [2.24, 2.45) is 0 Å². The topological polar surface area (TPSA) is 68.8 Å². The van der Waals surface area contributed by atoms with Crippen LogP contribution in [0.2, 0.25) is 5.02 Å². The SMILES string of the molecule is CN1CCN(C(=O)[C@H]2CNCCN2C(=O)c2ccc(Cl)cn2)CC1. The van der Waals surface area contributed by atoms with Crippen molar-refractivity contribution in [2.75, 3.05) is 52.9 Å². The average molecular weight is 352 g/mol. The molecule has 2 fully saturated rings. The fraction of sp³-hybridized carbons (Fsp3) is 0.562. The van der Waals surface area contributed by atoms with Gasteiger partial charge in [-0.05, 0) is 19.2 Å². The van der Waals surface area contributed by atoms with E-state index in [-0.39, 0.29) is 11.8 Å². The Morgan fingerprint density at radius 3 is 2.62 bits per heavy atom. The number of piperazine rings is 2. The first-order valence-electron chi connectivity index (χ1n) is 8.17. The molecule has 8 heteroatoms. The summed E-state index contributed by atoms with van der Waals surface area (Å²) in [6.07, 6.45) is 1.45. The Morgan fingerprint density at radius 1 is 1.21 bits per heavy atom. The van der Waals surface area contributed by atoms with Crippen molar-refractivity contribution in [2.45, 2.75) is 6.04 Å². The zero-order valence-electron chi connectivity index (χ0n) is 13.7. The van der Waals surface area contributed by atoms with Gasteiger partial charge in [0.25, 0.3) is 5.91 Å². The maximum atomic E-state index is 12.9. The lowest BCUT2D eigenvalue weighted by Crippen LogP contribution is -2.62. The lowest BCUT2D eigenvalue weighted by atomic mass is 10.1. The number of halogens is 1. The molecule has 1 N–H and O–H groups in total. The number of carbonyl (C=O) groups is 2. The third-order valence-electron chi connectivity index (χ3n) is 4.55. The summed E-state index contributed by atoms with van der Waals surface area (Å²) in [5, 5.41) is 3.70. The molecule has 3 rings (SSSR count). The number of rotatable bonds is 2. The third kappa shape index (κ3) is 3.68. The Morgan fingerprint density at radius 2 is 1.96 bits per heavy atom. The lowest BCUT2D eigenvalue weighted by Gasteiger charge is -2.40. The first kappa shape index (κ1) is 17.1. The Labute approximate surface area is 146 Å². The second-order valence-electron chi connectivity index (χ2n) is 6.21. The lowest BCUT2D eigenvalue weighted by molar-refractivity contribution is -0.138. The van der Waals surface area contributed by atoms with E-state index in [4.69, 9.17) is 11.6 Å². The molecule has 1 atom stereocenters. The van der Waals surface area contributed by atoms with Crippen molar-refractivity contribution in [3.05, 3.63) is 29.0 Å². The quantitative estimate of drug-likeness (QED) is 0.807. The van der Waals surface area contributed by atoms with Gasteiger partial charge in [0.1, 0.15) is 11.7 Å². The largest absolute Gasteiger partial charge is 0.338 e. The summed E-state index contributed by atoms with van der Waals surface area (Å²) in [4.78, 5) is 35.4. The highest BCUT2D eigenvalue weighted by Gasteiger charge is 2.36. The Bertz CT molecular complexity index is 601. The van der Waals surface area contributed by atoms with Gasteiger partial charge in [0.15, 0.2) is 0 Å². The molecule has 7 nitrogen and oxygen atoms in total. The van der Waals surface area contributed by atoms with Gasteiger partial charge >= 0.3 is 0 Å². The fourth-order valence-electron chi connectivity index (χ4n) is 3.06. The summed E-state index contributed by atoms with van der Waals surface area (Å²) in [6.45, 7) is 4.76. The zero-order valence-corrected chi connectivity index (χ0v) is 14.5. The standard InChI is InChI=1S/C16H22ClN5O2/c1-20-6-8-21(9-7-20)16(24)14-11-18-4-5-22(14)15(23)13-3-2-12(17)10-19-13/h2-3,10,14,18H,4-9,11H2,1H3/t14-/m1/s1. The van der Waals surface area contributed by atoms with E-state index in [2.05, 4.69) is 15.2 Å². The van der Waals surface area contributed by atoms with Crippen LogP contribution in [-0.4, -0.2) is 90.4 Å². The van der Waals surface area contributed by atoms with E-state index in [1.807, 2.05) is 11.9 Å². The molecule has 0 spiro atoms. The van der Waals surface area contributed by atoms with Crippen LogP contribution >= 0.6 is 11.6 Å². The van der Waals surface area contributed by atoms with Gasteiger partial charge in [-0.15, -0.1) is 0 Å². The minimum atomic E-state index is -0.480. The Hall–Kier alpha value is -1.70. The molecule has 1 aromatic rings. The van der Waals surface area contributed by atoms with Crippen molar-refractivity contribution in [1.29, 1.82) is 0 Å². The second-order valence-corrected chi connectivity index (χ2v) is 6.65. The molecule has 0 bridgehead atoms. The minimum absolute atomic E-state index is 0.0117. The number of hydrogen-bond donors (Lipinski definition) is 1. The van der Waals surface area contributed by atoms with Gasteiger partial charge in [-0.25, -0.2) is 4.98 Å². The number of carbonyl (C=O) groups excluding carboxylic acids is 2. The highest BCUT2D eigenvalue weighted by molar-refractivity contribution is 6.30. The predicted octanol–water partition coefficient (Wildman–Crippen LogP) is -0.0770. The van der Waals surface area contributed by atoms with Crippen LogP contribution < -0.4 is 5.32 Å². The molecule has 0 aromatic carbocycles. The van der Waals surface area contributed by atoms with Crippen LogP contribution in [0.25, 0.3) is 0 Å². The normalized spacial score (nSPS) is 22.5. The van der Waals surface area contributed by atoms with E-state index in [0.29, 0.717) is 43.4 Å². The fourth-order valence-corrected chi connectivity index (χ4v) is 3.17. The number of nitrogens with one attached hydrogen (secondary N) is 1. The molecule has 0 unspecified atom stereocenters. The van der Waals surface area contributed by atoms with E-state index in [0.717, 1.165) is 13.1 Å². The smallest absolute Gasteiger partial charge is 0.273 e. The van der Waals surface area contributed by atoms with Gasteiger partial charge in [0.2, 0.25) is 5.91 Å². The maximum Gasteiger partial charge on any atom is 0.273 e. The van der Waals surface area contributed by atoms with E-state index < -0.39 is 6.04 Å². The molecular formula is C16H22ClN5O2. The zero-order chi connectivity index (χ0) is 17.1. The second kappa shape index (κ2) is 7.46. The number of likely N-dealkylation sites (N-methyl/N-ethyl adjacent to an activating group) is 1. The third-order valence-corrected chi connectivity index (χ3v) is 4.77. The molecule has 2 saturated heterocycles. The molecule has 3 heterocycles. The van der Waals surface area contributed by atoms with Crippen molar-refractivity contribution >= 4 is 23.4 Å². The van der Waals surface area contributed by atoms with Gasteiger partial charge in [0.05, 0.1) is 5.02 Å². The first-order chi connectivity index (χ1) is 11.6. The maximum absolute atomic E-state index is 12.9. The minimum Gasteiger partial charge on any atom is -0.338 e. The highest BCUT2D eigenvalue weighted by atomic mass is 35.5. The van der Waals surface area contributed by atoms with Gasteiger partial charge in [-0.1, -0.05) is 11.6 Å². The van der Waals surface area contributed by atoms with Gasteiger partial charge in [-0.2, -0.15) is 0 Å². The Balaban J connectivity index is 1.74. The van der Waals surface area contributed by atoms with Crippen molar-refractivity contribution in [1.82, 2.24) is 25.0 Å². The molecular weight excluding hydrogens is 330 g/mol. The average Bonchev–Trinajstić information content (AvgIpc) is 2.62. The van der Waals surface area contributed by atoms with Crippen LogP contribution in [0.3, 0.4) is 0 Å². The van der Waals surface area contributed by atoms with E-state index in [9.17, 15) is 9.59 Å². The number of pyridine rings is 1. The predicted molar refractivity (Wildman–Crippen MR) is 91.0 cm³/mol. The monoisotopic (exact) mass is 351 g/mol. The van der Waals surface area contributed by atoms with Crippen LogP contribution in [-0.2, 0) is 4.79 Å². The molecule has 2 aliphatic heterocycles. The van der Waals surface area contributed by atoms with E-state index in [1.165, 1.54) is 6.20 Å².